The van der Waals surface area contributed by atoms with Crippen LogP contribution in [0.4, 0.5) is 0 Å². The Hall–Kier alpha value is -1.77. The molecule has 0 bridgehead atoms. The normalized spacial score (nSPS) is 12.9. The van der Waals surface area contributed by atoms with Crippen LogP contribution in [-0.2, 0) is 19.4 Å². The molecule has 1 aromatic carbocycles. The molecule has 2 heterocycles. The summed E-state index contributed by atoms with van der Waals surface area (Å²) in [4.78, 5) is 8.31. The zero-order chi connectivity index (χ0) is 16.6. The first-order valence-corrected chi connectivity index (χ1v) is 8.50. The summed E-state index contributed by atoms with van der Waals surface area (Å²) in [5.41, 5.74) is 2.66. The Kier molecular flexibility index (Phi) is 8.03. The highest BCUT2D eigenvalue weighted by Gasteiger charge is 2.11. The lowest BCUT2D eigenvalue weighted by molar-refractivity contribution is 0.357. The van der Waals surface area contributed by atoms with Crippen LogP contribution in [0.2, 0.25) is 0 Å². The Morgan fingerprint density at radius 1 is 1.32 bits per heavy atom. The highest BCUT2D eigenvalue weighted by atomic mass is 127. The smallest absolute Gasteiger partial charge is 0.190 e. The van der Waals surface area contributed by atoms with Gasteiger partial charge in [0.25, 0.3) is 0 Å². The van der Waals surface area contributed by atoms with Crippen molar-refractivity contribution in [2.45, 2.75) is 25.8 Å². The Morgan fingerprint density at radius 3 is 3.00 bits per heavy atom. The van der Waals surface area contributed by atoms with E-state index in [-0.39, 0.29) is 24.0 Å². The van der Waals surface area contributed by atoms with Crippen molar-refractivity contribution in [2.24, 2.45) is 4.99 Å². The van der Waals surface area contributed by atoms with E-state index in [1.807, 2.05) is 12.5 Å². The van der Waals surface area contributed by atoms with Gasteiger partial charge in [-0.05, 0) is 30.0 Å². The van der Waals surface area contributed by atoms with E-state index in [9.17, 15) is 0 Å². The molecule has 1 aliphatic heterocycles. The van der Waals surface area contributed by atoms with Crippen molar-refractivity contribution in [1.29, 1.82) is 0 Å². The third kappa shape index (κ3) is 5.91. The second kappa shape index (κ2) is 10.3. The van der Waals surface area contributed by atoms with Crippen LogP contribution in [0.1, 0.15) is 17.5 Å². The van der Waals surface area contributed by atoms with Gasteiger partial charge in [-0.25, -0.2) is 4.98 Å². The second-order valence-electron chi connectivity index (χ2n) is 5.87. The number of rotatable bonds is 7. The van der Waals surface area contributed by atoms with E-state index >= 15 is 0 Å². The van der Waals surface area contributed by atoms with Crippen molar-refractivity contribution >= 4 is 29.9 Å². The quantitative estimate of drug-likeness (QED) is 0.291. The van der Waals surface area contributed by atoms with Gasteiger partial charge in [0, 0.05) is 45.5 Å². The predicted octanol–water partition coefficient (Wildman–Crippen LogP) is 2.23. The average Bonchev–Trinajstić information content (AvgIpc) is 3.27. The first-order chi connectivity index (χ1) is 11.8. The summed E-state index contributed by atoms with van der Waals surface area (Å²) < 4.78 is 7.62. The summed E-state index contributed by atoms with van der Waals surface area (Å²) in [5, 5.41) is 6.71. The van der Waals surface area contributed by atoms with E-state index in [2.05, 4.69) is 43.4 Å². The lowest BCUT2D eigenvalue weighted by Gasteiger charge is -2.12. The molecular formula is C18H26IN5O. The lowest BCUT2D eigenvalue weighted by Crippen LogP contribution is -2.38. The average molecular weight is 455 g/mol. The van der Waals surface area contributed by atoms with E-state index in [4.69, 9.17) is 4.74 Å². The molecule has 0 unspecified atom stereocenters. The fraction of sp³-hybridized carbons (Fsp3) is 0.444. The molecule has 0 saturated carbocycles. The summed E-state index contributed by atoms with van der Waals surface area (Å²) >= 11 is 0. The minimum Gasteiger partial charge on any atom is -0.493 e. The molecule has 2 N–H and O–H groups in total. The van der Waals surface area contributed by atoms with Gasteiger partial charge in [-0.1, -0.05) is 12.1 Å². The Bertz CT molecular complexity index is 672. The number of fused-ring (bicyclic) bond motifs is 1. The molecule has 1 aliphatic rings. The number of nitrogens with one attached hydrogen (secondary N) is 2. The van der Waals surface area contributed by atoms with E-state index < -0.39 is 0 Å². The van der Waals surface area contributed by atoms with E-state index in [1.54, 1.807) is 13.2 Å². The third-order valence-corrected chi connectivity index (χ3v) is 4.13. The summed E-state index contributed by atoms with van der Waals surface area (Å²) in [5.74, 6) is 1.90. The predicted molar refractivity (Wildman–Crippen MR) is 111 cm³/mol. The molecule has 1 aromatic heterocycles. The van der Waals surface area contributed by atoms with Gasteiger partial charge in [-0.2, -0.15) is 0 Å². The molecule has 0 atom stereocenters. The zero-order valence-corrected chi connectivity index (χ0v) is 16.9. The minimum absolute atomic E-state index is 0. The number of halogens is 1. The minimum atomic E-state index is 0. The molecule has 0 aliphatic carbocycles. The van der Waals surface area contributed by atoms with Crippen molar-refractivity contribution < 1.29 is 4.74 Å². The zero-order valence-electron chi connectivity index (χ0n) is 14.6. The van der Waals surface area contributed by atoms with Crippen LogP contribution in [0.25, 0.3) is 0 Å². The molecule has 7 heteroatoms. The van der Waals surface area contributed by atoms with Crippen molar-refractivity contribution in [3.05, 3.63) is 48.0 Å². The molecule has 0 amide bonds. The lowest BCUT2D eigenvalue weighted by atomic mass is 10.1. The number of benzene rings is 1. The van der Waals surface area contributed by atoms with E-state index in [0.717, 1.165) is 57.2 Å². The molecule has 0 radical (unpaired) electrons. The van der Waals surface area contributed by atoms with Crippen molar-refractivity contribution in [1.82, 2.24) is 20.2 Å². The monoisotopic (exact) mass is 455 g/mol. The largest absolute Gasteiger partial charge is 0.493 e. The van der Waals surface area contributed by atoms with Crippen LogP contribution in [0.5, 0.6) is 5.75 Å². The number of aliphatic imine (C=N–C) groups is 1. The molecule has 25 heavy (non-hydrogen) atoms. The molecule has 6 nitrogen and oxygen atoms in total. The molecule has 136 valence electrons. The summed E-state index contributed by atoms with van der Waals surface area (Å²) in [7, 11) is 1.80. The van der Waals surface area contributed by atoms with Crippen LogP contribution >= 0.6 is 24.0 Å². The van der Waals surface area contributed by atoms with Crippen LogP contribution in [0.15, 0.2) is 41.9 Å². The van der Waals surface area contributed by atoms with Crippen molar-refractivity contribution in [3.8, 4) is 5.75 Å². The highest BCUT2D eigenvalue weighted by molar-refractivity contribution is 14.0. The maximum absolute atomic E-state index is 5.54. The van der Waals surface area contributed by atoms with E-state index in [0.29, 0.717) is 0 Å². The molecule has 0 spiro atoms. The number of guanidine groups is 1. The fourth-order valence-electron chi connectivity index (χ4n) is 2.83. The van der Waals surface area contributed by atoms with Crippen LogP contribution in [0.3, 0.4) is 0 Å². The van der Waals surface area contributed by atoms with Gasteiger partial charge in [0.15, 0.2) is 5.96 Å². The van der Waals surface area contributed by atoms with Crippen LogP contribution < -0.4 is 15.4 Å². The SMILES string of the molecule is CN=C(NCCCn1ccnc1)NCCc1ccc2c(c1)CCO2.I. The van der Waals surface area contributed by atoms with Gasteiger partial charge in [-0.15, -0.1) is 24.0 Å². The van der Waals surface area contributed by atoms with Gasteiger partial charge in [-0.3, -0.25) is 4.99 Å². The van der Waals surface area contributed by atoms with Gasteiger partial charge in [0.05, 0.1) is 12.9 Å². The summed E-state index contributed by atoms with van der Waals surface area (Å²) in [6.07, 6.45) is 8.66. The Balaban J connectivity index is 0.00000225. The van der Waals surface area contributed by atoms with Gasteiger partial charge < -0.3 is 19.9 Å². The number of aryl methyl sites for hydroxylation is 1. The fourth-order valence-corrected chi connectivity index (χ4v) is 2.83. The Labute approximate surface area is 166 Å². The Morgan fingerprint density at radius 2 is 2.20 bits per heavy atom. The summed E-state index contributed by atoms with van der Waals surface area (Å²) in [6.45, 7) is 3.52. The topological polar surface area (TPSA) is 63.5 Å². The number of aromatic nitrogens is 2. The van der Waals surface area contributed by atoms with Gasteiger partial charge in [0.2, 0.25) is 0 Å². The molecule has 2 aromatic rings. The number of ether oxygens (including phenoxy) is 1. The maximum atomic E-state index is 5.54. The maximum Gasteiger partial charge on any atom is 0.190 e. The first-order valence-electron chi connectivity index (χ1n) is 8.50. The number of imidazole rings is 1. The number of nitrogens with zero attached hydrogens (tertiary/aromatic N) is 3. The third-order valence-electron chi connectivity index (χ3n) is 4.13. The van der Waals surface area contributed by atoms with Crippen LogP contribution in [-0.4, -0.2) is 42.3 Å². The number of hydrogen-bond donors (Lipinski definition) is 2. The van der Waals surface area contributed by atoms with Gasteiger partial charge >= 0.3 is 0 Å². The molecule has 0 fully saturated rings. The first kappa shape index (κ1) is 19.6. The number of hydrogen-bond acceptors (Lipinski definition) is 3. The molecular weight excluding hydrogens is 429 g/mol. The summed E-state index contributed by atoms with van der Waals surface area (Å²) in [6, 6.07) is 6.49. The van der Waals surface area contributed by atoms with E-state index in [1.165, 1.54) is 11.1 Å². The van der Waals surface area contributed by atoms with Crippen molar-refractivity contribution in [2.75, 3.05) is 26.7 Å². The van der Waals surface area contributed by atoms with Gasteiger partial charge in [0.1, 0.15) is 5.75 Å². The molecule has 0 saturated heterocycles. The van der Waals surface area contributed by atoms with Crippen LogP contribution in [0, 0.1) is 0 Å². The second-order valence-corrected chi connectivity index (χ2v) is 5.87. The molecule has 3 rings (SSSR count). The standard InChI is InChI=1S/C18H25N5O.HI/c1-19-18(21-7-2-10-23-11-9-20-14-23)22-8-5-15-3-4-17-16(13-15)6-12-24-17;/h3-4,9,11,13-14H,2,5-8,10,12H2,1H3,(H2,19,21,22);1H. The van der Waals surface area contributed by atoms with Crippen molar-refractivity contribution in [3.63, 3.8) is 0 Å². The highest BCUT2D eigenvalue weighted by Crippen LogP contribution is 2.25.